The summed E-state index contributed by atoms with van der Waals surface area (Å²) in [7, 11) is 1.64. The highest BCUT2D eigenvalue weighted by molar-refractivity contribution is 5.94. The number of methoxy groups -OCH3 is 1. The molecule has 1 amide bonds. The van der Waals surface area contributed by atoms with Gasteiger partial charge in [-0.05, 0) is 55.7 Å². The van der Waals surface area contributed by atoms with Crippen LogP contribution in [0.3, 0.4) is 0 Å². The first-order chi connectivity index (χ1) is 13.3. The third-order valence-corrected chi connectivity index (χ3v) is 4.97. The zero-order chi connectivity index (χ0) is 18.6. The third kappa shape index (κ3) is 3.43. The molecule has 3 aromatic rings. The summed E-state index contributed by atoms with van der Waals surface area (Å²) < 4.78 is 7.05. The van der Waals surface area contributed by atoms with E-state index in [0.717, 1.165) is 43.1 Å². The van der Waals surface area contributed by atoms with Crippen molar-refractivity contribution in [3.63, 3.8) is 0 Å². The first-order valence-electron chi connectivity index (χ1n) is 9.18. The molecule has 1 aromatic heterocycles. The van der Waals surface area contributed by atoms with Crippen molar-refractivity contribution in [1.82, 2.24) is 19.7 Å². The quantitative estimate of drug-likeness (QED) is 0.711. The molecule has 1 aliphatic heterocycles. The second-order valence-corrected chi connectivity index (χ2v) is 6.60. The minimum absolute atomic E-state index is 0.0459. The van der Waals surface area contributed by atoms with Crippen LogP contribution in [0, 0.1) is 0 Å². The van der Waals surface area contributed by atoms with E-state index in [1.807, 2.05) is 64.2 Å². The zero-order valence-electron chi connectivity index (χ0n) is 15.3. The number of benzene rings is 2. The maximum absolute atomic E-state index is 13.1. The minimum Gasteiger partial charge on any atom is -0.497 e. The van der Waals surface area contributed by atoms with Gasteiger partial charge >= 0.3 is 0 Å². The number of carbonyl (C=O) groups excluding carboxylic acids is 1. The molecule has 2 heterocycles. The van der Waals surface area contributed by atoms with E-state index in [0.29, 0.717) is 5.56 Å². The van der Waals surface area contributed by atoms with Gasteiger partial charge in [0.15, 0.2) is 5.82 Å². The Morgan fingerprint density at radius 1 is 1.07 bits per heavy atom. The molecule has 1 atom stereocenters. The predicted octanol–water partition coefficient (Wildman–Crippen LogP) is 3.64. The summed E-state index contributed by atoms with van der Waals surface area (Å²) in [5.74, 6) is 1.63. The molecule has 0 spiro atoms. The Hall–Kier alpha value is -3.15. The Labute approximate surface area is 158 Å². The molecule has 6 nitrogen and oxygen atoms in total. The van der Waals surface area contributed by atoms with E-state index in [1.54, 1.807) is 13.4 Å². The van der Waals surface area contributed by atoms with Crippen molar-refractivity contribution >= 4 is 5.91 Å². The van der Waals surface area contributed by atoms with Crippen molar-refractivity contribution in [2.24, 2.45) is 0 Å². The first kappa shape index (κ1) is 17.3. The number of likely N-dealkylation sites (tertiary alicyclic amines) is 1. The van der Waals surface area contributed by atoms with Crippen LogP contribution in [0.2, 0.25) is 0 Å². The number of rotatable bonds is 4. The van der Waals surface area contributed by atoms with Crippen molar-refractivity contribution in [3.05, 3.63) is 72.3 Å². The molecule has 2 aromatic carbocycles. The smallest absolute Gasteiger partial charge is 0.254 e. The molecule has 0 N–H and O–H groups in total. The molecule has 138 valence electrons. The van der Waals surface area contributed by atoms with E-state index in [9.17, 15) is 4.79 Å². The van der Waals surface area contributed by atoms with Gasteiger partial charge in [0.2, 0.25) is 0 Å². The van der Waals surface area contributed by atoms with Crippen molar-refractivity contribution in [2.75, 3.05) is 13.7 Å². The van der Waals surface area contributed by atoms with Crippen molar-refractivity contribution in [2.45, 2.75) is 25.3 Å². The van der Waals surface area contributed by atoms with Gasteiger partial charge in [-0.2, -0.15) is 5.10 Å². The monoisotopic (exact) mass is 362 g/mol. The molecule has 0 bridgehead atoms. The summed E-state index contributed by atoms with van der Waals surface area (Å²) in [6, 6.07) is 17.0. The Balaban J connectivity index is 1.67. The standard InChI is InChI=1S/C21H22N4O2/c1-27-18-12-10-17(11-13-18)25-20(22-15-23-25)19-9-5-6-14-24(19)21(26)16-7-3-2-4-8-16/h2-4,7-8,10-13,15,19H,5-6,9,14H2,1H3/t19-/m0/s1. The normalized spacial score (nSPS) is 16.9. The molecule has 1 fully saturated rings. The van der Waals surface area contributed by atoms with Crippen LogP contribution in [0.4, 0.5) is 0 Å². The van der Waals surface area contributed by atoms with Crippen LogP contribution in [-0.4, -0.2) is 39.2 Å². The van der Waals surface area contributed by atoms with Gasteiger partial charge in [-0.3, -0.25) is 4.79 Å². The highest BCUT2D eigenvalue weighted by atomic mass is 16.5. The molecule has 1 saturated heterocycles. The number of carbonyl (C=O) groups is 1. The van der Waals surface area contributed by atoms with E-state index < -0.39 is 0 Å². The van der Waals surface area contributed by atoms with Crippen LogP contribution in [-0.2, 0) is 0 Å². The van der Waals surface area contributed by atoms with E-state index in [4.69, 9.17) is 4.74 Å². The topological polar surface area (TPSA) is 60.2 Å². The Morgan fingerprint density at radius 2 is 1.85 bits per heavy atom. The summed E-state index contributed by atoms with van der Waals surface area (Å²) in [4.78, 5) is 19.5. The van der Waals surface area contributed by atoms with Crippen LogP contribution >= 0.6 is 0 Å². The van der Waals surface area contributed by atoms with Gasteiger partial charge in [0.25, 0.3) is 5.91 Å². The lowest BCUT2D eigenvalue weighted by Gasteiger charge is -2.35. The molecule has 1 aliphatic rings. The third-order valence-electron chi connectivity index (χ3n) is 4.97. The molecular weight excluding hydrogens is 340 g/mol. The van der Waals surface area contributed by atoms with Crippen LogP contribution in [0.15, 0.2) is 60.9 Å². The van der Waals surface area contributed by atoms with Crippen LogP contribution in [0.1, 0.15) is 41.5 Å². The summed E-state index contributed by atoms with van der Waals surface area (Å²) in [6.45, 7) is 0.730. The fourth-order valence-electron chi connectivity index (χ4n) is 3.59. The van der Waals surface area contributed by atoms with Crippen molar-refractivity contribution in [1.29, 1.82) is 0 Å². The molecule has 0 unspecified atom stereocenters. The van der Waals surface area contributed by atoms with E-state index in [1.165, 1.54) is 0 Å². The van der Waals surface area contributed by atoms with Crippen molar-refractivity contribution < 1.29 is 9.53 Å². The molecule has 0 radical (unpaired) electrons. The lowest BCUT2D eigenvalue weighted by atomic mass is 10.00. The van der Waals surface area contributed by atoms with Gasteiger partial charge in [0.1, 0.15) is 12.1 Å². The average molecular weight is 362 g/mol. The Morgan fingerprint density at radius 3 is 2.59 bits per heavy atom. The Bertz CT molecular complexity index is 905. The van der Waals surface area contributed by atoms with Gasteiger partial charge in [-0.25, -0.2) is 9.67 Å². The summed E-state index contributed by atoms with van der Waals surface area (Å²) in [6.07, 6.45) is 4.51. The fourth-order valence-corrected chi connectivity index (χ4v) is 3.59. The van der Waals surface area contributed by atoms with Gasteiger partial charge in [0, 0.05) is 12.1 Å². The van der Waals surface area contributed by atoms with E-state index >= 15 is 0 Å². The van der Waals surface area contributed by atoms with Crippen LogP contribution < -0.4 is 4.74 Å². The number of ether oxygens (including phenoxy) is 1. The molecule has 0 aliphatic carbocycles. The van der Waals surface area contributed by atoms with E-state index in [2.05, 4.69) is 10.1 Å². The second-order valence-electron chi connectivity index (χ2n) is 6.60. The molecule has 0 saturated carbocycles. The fraction of sp³-hybridized carbons (Fsp3) is 0.286. The second kappa shape index (κ2) is 7.61. The number of hydrogen-bond donors (Lipinski definition) is 0. The largest absolute Gasteiger partial charge is 0.497 e. The van der Waals surface area contributed by atoms with Gasteiger partial charge in [-0.15, -0.1) is 0 Å². The molecule has 4 rings (SSSR count). The molecule has 27 heavy (non-hydrogen) atoms. The van der Waals surface area contributed by atoms with E-state index in [-0.39, 0.29) is 11.9 Å². The zero-order valence-corrected chi connectivity index (χ0v) is 15.3. The SMILES string of the molecule is COc1ccc(-n2ncnc2[C@@H]2CCCCN2C(=O)c2ccccc2)cc1. The highest BCUT2D eigenvalue weighted by Crippen LogP contribution is 2.32. The maximum atomic E-state index is 13.1. The number of aromatic nitrogens is 3. The lowest BCUT2D eigenvalue weighted by molar-refractivity contribution is 0.0597. The number of hydrogen-bond acceptors (Lipinski definition) is 4. The lowest BCUT2D eigenvalue weighted by Crippen LogP contribution is -2.39. The van der Waals surface area contributed by atoms with Crippen LogP contribution in [0.5, 0.6) is 5.75 Å². The summed E-state index contributed by atoms with van der Waals surface area (Å²) >= 11 is 0. The predicted molar refractivity (Wildman–Crippen MR) is 102 cm³/mol. The highest BCUT2D eigenvalue weighted by Gasteiger charge is 2.32. The van der Waals surface area contributed by atoms with Gasteiger partial charge in [-0.1, -0.05) is 18.2 Å². The molecule has 6 heteroatoms. The number of nitrogens with zero attached hydrogens (tertiary/aromatic N) is 4. The minimum atomic E-state index is -0.0870. The summed E-state index contributed by atoms with van der Waals surface area (Å²) in [5, 5.41) is 4.41. The average Bonchev–Trinajstić information content (AvgIpc) is 3.23. The number of amides is 1. The summed E-state index contributed by atoms with van der Waals surface area (Å²) in [5.41, 5.74) is 1.61. The first-order valence-corrected chi connectivity index (χ1v) is 9.18. The maximum Gasteiger partial charge on any atom is 0.254 e. The van der Waals surface area contributed by atoms with Gasteiger partial charge in [0.05, 0.1) is 18.8 Å². The van der Waals surface area contributed by atoms with Crippen LogP contribution in [0.25, 0.3) is 5.69 Å². The van der Waals surface area contributed by atoms with Gasteiger partial charge < -0.3 is 9.64 Å². The van der Waals surface area contributed by atoms with Crippen molar-refractivity contribution in [3.8, 4) is 11.4 Å². The number of piperidine rings is 1. The Kier molecular flexibility index (Phi) is 4.87. The molecular formula is C21H22N4O2.